The monoisotopic (exact) mass is 328 g/mol. The molecular formula is C12H14BrClN4. The van der Waals surface area contributed by atoms with E-state index in [0.717, 1.165) is 36.5 Å². The average Bonchev–Trinajstić information content (AvgIpc) is 2.38. The van der Waals surface area contributed by atoms with E-state index in [2.05, 4.69) is 36.8 Å². The van der Waals surface area contributed by atoms with Crippen LogP contribution >= 0.6 is 27.5 Å². The second-order valence-electron chi connectivity index (χ2n) is 4.29. The summed E-state index contributed by atoms with van der Waals surface area (Å²) >= 11 is 9.54. The van der Waals surface area contributed by atoms with Crippen LogP contribution in [0, 0.1) is 11.3 Å². The van der Waals surface area contributed by atoms with Gasteiger partial charge in [-0.05, 0) is 28.9 Å². The molecule has 0 bridgehead atoms. The molecule has 1 fully saturated rings. The van der Waals surface area contributed by atoms with Crippen molar-refractivity contribution in [2.75, 3.05) is 31.1 Å². The molecule has 2 rings (SSSR count). The van der Waals surface area contributed by atoms with Gasteiger partial charge in [0.1, 0.15) is 5.82 Å². The fraction of sp³-hybridized carbons (Fsp3) is 0.500. The second-order valence-corrected chi connectivity index (χ2v) is 5.61. The van der Waals surface area contributed by atoms with E-state index in [9.17, 15) is 0 Å². The van der Waals surface area contributed by atoms with Crippen LogP contribution in [0.5, 0.6) is 0 Å². The summed E-state index contributed by atoms with van der Waals surface area (Å²) in [5, 5.41) is 9.56. The van der Waals surface area contributed by atoms with Crippen molar-refractivity contribution < 1.29 is 0 Å². The lowest BCUT2D eigenvalue weighted by molar-refractivity contribution is 0.231. The van der Waals surface area contributed by atoms with Crippen molar-refractivity contribution in [1.29, 1.82) is 5.26 Å². The van der Waals surface area contributed by atoms with Gasteiger partial charge in [-0.3, -0.25) is 4.90 Å². The van der Waals surface area contributed by atoms with Crippen LogP contribution in [0.2, 0.25) is 5.02 Å². The maximum absolute atomic E-state index is 8.90. The van der Waals surface area contributed by atoms with E-state index in [-0.39, 0.29) is 6.04 Å². The van der Waals surface area contributed by atoms with Crippen molar-refractivity contribution in [1.82, 2.24) is 9.88 Å². The Hall–Kier alpha value is -0.830. The molecule has 0 saturated carbocycles. The van der Waals surface area contributed by atoms with Gasteiger partial charge < -0.3 is 4.90 Å². The molecule has 0 spiro atoms. The third kappa shape index (κ3) is 2.94. The van der Waals surface area contributed by atoms with E-state index >= 15 is 0 Å². The first-order valence-corrected chi connectivity index (χ1v) is 6.98. The Balaban J connectivity index is 2.04. The summed E-state index contributed by atoms with van der Waals surface area (Å²) in [6.45, 7) is 5.35. The average molecular weight is 330 g/mol. The van der Waals surface area contributed by atoms with Gasteiger partial charge in [0.15, 0.2) is 0 Å². The first-order valence-electron chi connectivity index (χ1n) is 5.81. The number of hydrogen-bond acceptors (Lipinski definition) is 4. The van der Waals surface area contributed by atoms with Crippen molar-refractivity contribution in [2.24, 2.45) is 0 Å². The number of hydrogen-bond donors (Lipinski definition) is 0. The maximum atomic E-state index is 8.90. The van der Waals surface area contributed by atoms with E-state index in [1.54, 1.807) is 6.20 Å². The number of piperazine rings is 1. The number of anilines is 1. The molecule has 1 aliphatic heterocycles. The second kappa shape index (κ2) is 5.87. The normalized spacial score (nSPS) is 18.4. The van der Waals surface area contributed by atoms with Gasteiger partial charge in [-0.25, -0.2) is 4.98 Å². The number of halogens is 2. The Morgan fingerprint density at radius 1 is 1.44 bits per heavy atom. The fourth-order valence-corrected chi connectivity index (χ4v) is 2.79. The summed E-state index contributed by atoms with van der Waals surface area (Å²) in [4.78, 5) is 8.69. The quantitative estimate of drug-likeness (QED) is 0.836. The van der Waals surface area contributed by atoms with Crippen LogP contribution in [0.3, 0.4) is 0 Å². The summed E-state index contributed by atoms with van der Waals surface area (Å²) in [7, 11) is 0. The van der Waals surface area contributed by atoms with Crippen LogP contribution in [-0.2, 0) is 0 Å². The van der Waals surface area contributed by atoms with Crippen LogP contribution in [-0.4, -0.2) is 42.1 Å². The number of nitrogens with zero attached hydrogens (tertiary/aromatic N) is 4. The zero-order valence-corrected chi connectivity index (χ0v) is 12.4. The van der Waals surface area contributed by atoms with Crippen LogP contribution in [0.25, 0.3) is 0 Å². The van der Waals surface area contributed by atoms with Crippen LogP contribution in [0.15, 0.2) is 16.7 Å². The Morgan fingerprint density at radius 3 is 2.67 bits per heavy atom. The first kappa shape index (κ1) is 13.6. The maximum Gasteiger partial charge on any atom is 0.147 e. The summed E-state index contributed by atoms with van der Waals surface area (Å²) in [6, 6.07) is 4.10. The van der Waals surface area contributed by atoms with Crippen LogP contribution in [0.1, 0.15) is 6.92 Å². The Kier molecular flexibility index (Phi) is 4.44. The molecule has 0 radical (unpaired) electrons. The Labute approximate surface area is 120 Å². The van der Waals surface area contributed by atoms with Crippen molar-refractivity contribution in [3.8, 4) is 6.07 Å². The van der Waals surface area contributed by atoms with Gasteiger partial charge in [-0.1, -0.05) is 11.6 Å². The van der Waals surface area contributed by atoms with Gasteiger partial charge in [0.05, 0.1) is 17.1 Å². The predicted molar refractivity (Wildman–Crippen MR) is 75.8 cm³/mol. The van der Waals surface area contributed by atoms with Crippen molar-refractivity contribution in [3.05, 3.63) is 21.8 Å². The first-order chi connectivity index (χ1) is 8.61. The van der Waals surface area contributed by atoms with Crippen molar-refractivity contribution in [3.63, 3.8) is 0 Å². The molecule has 1 unspecified atom stereocenters. The molecule has 0 aliphatic carbocycles. The third-order valence-electron chi connectivity index (χ3n) is 3.14. The lowest BCUT2D eigenvalue weighted by Crippen LogP contribution is -2.49. The van der Waals surface area contributed by atoms with Crippen LogP contribution in [0.4, 0.5) is 5.82 Å². The molecule has 0 aromatic carbocycles. The molecule has 18 heavy (non-hydrogen) atoms. The summed E-state index contributed by atoms with van der Waals surface area (Å²) in [5.74, 6) is 0.823. The molecule has 4 nitrogen and oxygen atoms in total. The molecule has 0 amide bonds. The van der Waals surface area contributed by atoms with E-state index in [1.807, 2.05) is 13.0 Å². The van der Waals surface area contributed by atoms with Gasteiger partial charge >= 0.3 is 0 Å². The minimum absolute atomic E-state index is 0.0273. The minimum atomic E-state index is -0.0273. The zero-order chi connectivity index (χ0) is 13.1. The number of rotatable bonds is 2. The Morgan fingerprint density at radius 2 is 2.11 bits per heavy atom. The predicted octanol–water partition coefficient (Wildman–Crippen LogP) is 2.53. The fourth-order valence-electron chi connectivity index (χ4n) is 2.04. The highest BCUT2D eigenvalue weighted by Gasteiger charge is 2.22. The van der Waals surface area contributed by atoms with E-state index < -0.39 is 0 Å². The van der Waals surface area contributed by atoms with E-state index in [4.69, 9.17) is 16.9 Å². The topological polar surface area (TPSA) is 43.2 Å². The molecule has 0 N–H and O–H groups in total. The van der Waals surface area contributed by atoms with E-state index in [1.165, 1.54) is 0 Å². The largest absolute Gasteiger partial charge is 0.353 e. The standard InChI is InChI=1S/C12H14BrClN4/c1-9(7-15)17-2-4-18(5-3-17)12-11(14)6-10(13)8-16-12/h6,8-9H,2-5H2,1H3. The van der Waals surface area contributed by atoms with Gasteiger partial charge in [0.25, 0.3) is 0 Å². The number of nitriles is 1. The molecule has 1 saturated heterocycles. The molecule has 1 aromatic heterocycles. The SMILES string of the molecule is CC(C#N)N1CCN(c2ncc(Br)cc2Cl)CC1. The van der Waals surface area contributed by atoms with E-state index in [0.29, 0.717) is 5.02 Å². The molecule has 6 heteroatoms. The summed E-state index contributed by atoms with van der Waals surface area (Å²) < 4.78 is 0.882. The summed E-state index contributed by atoms with van der Waals surface area (Å²) in [6.07, 6.45) is 1.76. The highest BCUT2D eigenvalue weighted by Crippen LogP contribution is 2.27. The number of aromatic nitrogens is 1. The molecular weight excluding hydrogens is 316 g/mol. The molecule has 1 aromatic rings. The Bertz CT molecular complexity index is 466. The van der Waals surface area contributed by atoms with Crippen LogP contribution < -0.4 is 4.90 Å². The zero-order valence-electron chi connectivity index (χ0n) is 10.1. The highest BCUT2D eigenvalue weighted by atomic mass is 79.9. The molecule has 1 atom stereocenters. The molecule has 2 heterocycles. The lowest BCUT2D eigenvalue weighted by atomic mass is 10.2. The summed E-state index contributed by atoms with van der Waals surface area (Å²) in [5.41, 5.74) is 0. The van der Waals surface area contributed by atoms with Gasteiger partial charge in [0, 0.05) is 36.8 Å². The number of pyridine rings is 1. The highest BCUT2D eigenvalue weighted by molar-refractivity contribution is 9.10. The van der Waals surface area contributed by atoms with Gasteiger partial charge in [-0.2, -0.15) is 5.26 Å². The smallest absolute Gasteiger partial charge is 0.147 e. The minimum Gasteiger partial charge on any atom is -0.353 e. The molecule has 96 valence electrons. The lowest BCUT2D eigenvalue weighted by Gasteiger charge is -2.36. The van der Waals surface area contributed by atoms with Crippen molar-refractivity contribution in [2.45, 2.75) is 13.0 Å². The van der Waals surface area contributed by atoms with Crippen molar-refractivity contribution >= 4 is 33.3 Å². The third-order valence-corrected chi connectivity index (χ3v) is 3.85. The van der Waals surface area contributed by atoms with Gasteiger partial charge in [-0.15, -0.1) is 0 Å². The van der Waals surface area contributed by atoms with Gasteiger partial charge in [0.2, 0.25) is 0 Å². The molecule has 1 aliphatic rings.